The van der Waals surface area contributed by atoms with E-state index in [1.165, 1.54) is 5.57 Å². The van der Waals surface area contributed by atoms with Gasteiger partial charge >= 0.3 is 5.97 Å². The average molecular weight is 711 g/mol. The highest BCUT2D eigenvalue weighted by atomic mass is 16.7. The zero-order chi connectivity index (χ0) is 37.0. The second-order valence-electron chi connectivity index (χ2n) is 15.2. The Morgan fingerprint density at radius 2 is 2.02 bits per heavy atom. The van der Waals surface area contributed by atoms with Gasteiger partial charge in [0.25, 0.3) is 5.60 Å². The molecule has 0 radical (unpaired) electrons. The molecule has 10 heteroatoms. The number of ether oxygens (including phenoxy) is 2. The number of anilines is 1. The maximum absolute atomic E-state index is 14.7. The molecule has 1 aromatic carbocycles. The summed E-state index contributed by atoms with van der Waals surface area (Å²) in [4.78, 5) is 48.2. The van der Waals surface area contributed by atoms with Crippen LogP contribution in [0.15, 0.2) is 71.5 Å². The zero-order valence-corrected chi connectivity index (χ0v) is 31.2. The molecule has 5 atom stereocenters. The van der Waals surface area contributed by atoms with Crippen LogP contribution in [0.1, 0.15) is 91.6 Å². The third-order valence-corrected chi connectivity index (χ3v) is 11.2. The van der Waals surface area contributed by atoms with Crippen molar-refractivity contribution >= 4 is 23.4 Å². The molecule has 0 amide bonds. The summed E-state index contributed by atoms with van der Waals surface area (Å²) in [5, 5.41) is 20.5. The summed E-state index contributed by atoms with van der Waals surface area (Å²) in [5.74, 6) is -0.394. The number of hydrogen-bond acceptors (Lipinski definition) is 10. The Morgan fingerprint density at radius 1 is 1.19 bits per heavy atom. The lowest BCUT2D eigenvalue weighted by atomic mass is 9.69. The predicted molar refractivity (Wildman–Crippen MR) is 201 cm³/mol. The highest BCUT2D eigenvalue weighted by Crippen LogP contribution is 2.60. The molecule has 0 spiro atoms. The van der Waals surface area contributed by atoms with Crippen LogP contribution in [0.3, 0.4) is 0 Å². The van der Waals surface area contributed by atoms with E-state index in [9.17, 15) is 19.5 Å². The number of ketones is 2. The van der Waals surface area contributed by atoms with E-state index in [1.807, 2.05) is 32.2 Å². The van der Waals surface area contributed by atoms with Crippen LogP contribution in [-0.4, -0.2) is 78.3 Å². The molecule has 1 fully saturated rings. The lowest BCUT2D eigenvalue weighted by Gasteiger charge is -2.36. The molecule has 1 aliphatic heterocycles. The zero-order valence-electron chi connectivity index (χ0n) is 31.2. The summed E-state index contributed by atoms with van der Waals surface area (Å²) in [5.41, 5.74) is 1.16. The number of aliphatic hydroxyl groups excluding tert-OH is 1. The highest BCUT2D eigenvalue weighted by molar-refractivity contribution is 6.33. The van der Waals surface area contributed by atoms with E-state index in [0.29, 0.717) is 37.4 Å². The Morgan fingerprint density at radius 3 is 2.77 bits per heavy atom. The van der Waals surface area contributed by atoms with E-state index >= 15 is 0 Å². The molecule has 1 saturated heterocycles. The molecule has 6 rings (SSSR count). The van der Waals surface area contributed by atoms with Gasteiger partial charge < -0.3 is 30.5 Å². The molecule has 4 aliphatic rings. The van der Waals surface area contributed by atoms with Crippen molar-refractivity contribution in [2.24, 2.45) is 17.8 Å². The number of likely N-dealkylation sites (N-methyl/N-ethyl adjacent to an activating group) is 1. The topological polar surface area (TPSA) is 142 Å². The summed E-state index contributed by atoms with van der Waals surface area (Å²) in [6.07, 6.45) is 13.1. The maximum Gasteiger partial charge on any atom is 0.350 e. The standard InChI is InChI=1S/C42H54N4O6/c1-6-44-35-21-30-11-8-7-10-29(30)20-32(35)24-51-40(50)42-39(49)37-31(18-26(2)3)12-9-13-34(37)38(48)41(42,52-42)22-33(23-47)27(4)14-15-28-16-17-45-36(19-28)46-25-43-5/h8-9,11-13,16-17,19,21,26,29,32,35,43-44,47H,6-7,10,14-15,18,20,22-25H2,1-5H3,(H,45,46). The van der Waals surface area contributed by atoms with E-state index in [2.05, 4.69) is 59.9 Å². The molecule has 4 N–H and O–H groups in total. The van der Waals surface area contributed by atoms with Crippen molar-refractivity contribution in [2.75, 3.05) is 38.8 Å². The fourth-order valence-electron chi connectivity index (χ4n) is 8.37. The third-order valence-electron chi connectivity index (χ3n) is 11.2. The first-order valence-electron chi connectivity index (χ1n) is 18.9. The fraction of sp³-hybridized carbons (Fsp3) is 0.524. The van der Waals surface area contributed by atoms with E-state index in [1.54, 1.807) is 18.3 Å². The number of Topliss-reactive ketones (excluding diaryl/α,β-unsaturated/α-hetero) is 2. The predicted octanol–water partition coefficient (Wildman–Crippen LogP) is 5.52. The quantitative estimate of drug-likeness (QED) is 0.0579. The molecule has 2 heterocycles. The largest absolute Gasteiger partial charge is 0.463 e. The number of esters is 1. The number of aromatic nitrogens is 1. The Hall–Kier alpha value is -3.96. The van der Waals surface area contributed by atoms with Gasteiger partial charge in [0.15, 0.2) is 11.4 Å². The number of hydrogen-bond donors (Lipinski definition) is 4. The van der Waals surface area contributed by atoms with Gasteiger partial charge in [-0.1, -0.05) is 62.8 Å². The number of nitrogens with zero attached hydrogens (tertiary/aromatic N) is 1. The number of carbonyl (C=O) groups excluding carboxylic acids is 3. The van der Waals surface area contributed by atoms with Crippen molar-refractivity contribution in [3.05, 3.63) is 93.7 Å². The van der Waals surface area contributed by atoms with Gasteiger partial charge in [-0.15, -0.1) is 0 Å². The number of rotatable bonds is 16. The number of nitrogens with one attached hydrogen (secondary N) is 3. The molecule has 1 aromatic heterocycles. The van der Waals surface area contributed by atoms with Crippen LogP contribution in [0.4, 0.5) is 5.82 Å². The minimum atomic E-state index is -2.11. The fourth-order valence-corrected chi connectivity index (χ4v) is 8.37. The molecule has 0 saturated carbocycles. The molecule has 5 unspecified atom stereocenters. The SMILES string of the molecule is CCNC1C=C2C=CCCC2CC1COC(=O)C12OC1(CC(CO)=C(C)CCc1ccnc(NCNC)c1)C(=O)c1cccc(CC(C)C)c1C2=O. The molecular formula is C42H54N4O6. The Balaban J connectivity index is 1.30. The van der Waals surface area contributed by atoms with E-state index < -0.39 is 28.7 Å². The summed E-state index contributed by atoms with van der Waals surface area (Å²) < 4.78 is 12.4. The Kier molecular flexibility index (Phi) is 11.6. The number of allylic oxidation sites excluding steroid dienone is 4. The number of epoxide rings is 1. The van der Waals surface area contributed by atoms with Crippen LogP contribution in [0.2, 0.25) is 0 Å². The van der Waals surface area contributed by atoms with E-state index in [0.717, 1.165) is 48.3 Å². The minimum absolute atomic E-state index is 0.00386. The third kappa shape index (κ3) is 7.18. The average Bonchev–Trinajstić information content (AvgIpc) is 3.85. The molecule has 2 aromatic rings. The van der Waals surface area contributed by atoms with Crippen molar-refractivity contribution in [3.8, 4) is 0 Å². The monoisotopic (exact) mass is 710 g/mol. The van der Waals surface area contributed by atoms with Gasteiger partial charge in [-0.05, 0) is 105 Å². The molecule has 52 heavy (non-hydrogen) atoms. The molecule has 10 nitrogen and oxygen atoms in total. The summed E-state index contributed by atoms with van der Waals surface area (Å²) in [6.45, 7) is 9.18. The number of fused-ring (bicyclic) bond motifs is 3. The van der Waals surface area contributed by atoms with Crippen molar-refractivity contribution in [2.45, 2.75) is 89.9 Å². The molecule has 3 aliphatic carbocycles. The van der Waals surface area contributed by atoms with Gasteiger partial charge in [-0.25, -0.2) is 9.78 Å². The normalized spacial score (nSPS) is 26.6. The van der Waals surface area contributed by atoms with Crippen LogP contribution < -0.4 is 16.0 Å². The number of aliphatic hydroxyl groups is 1. The first-order chi connectivity index (χ1) is 25.1. The Labute approximate surface area is 307 Å². The second kappa shape index (κ2) is 16.0. The molecule has 278 valence electrons. The van der Waals surface area contributed by atoms with E-state index in [-0.39, 0.29) is 48.6 Å². The first kappa shape index (κ1) is 37.8. The van der Waals surface area contributed by atoms with Crippen LogP contribution >= 0.6 is 0 Å². The van der Waals surface area contributed by atoms with Crippen LogP contribution in [0.25, 0.3) is 0 Å². The first-order valence-corrected chi connectivity index (χ1v) is 18.9. The van der Waals surface area contributed by atoms with Crippen molar-refractivity contribution in [3.63, 3.8) is 0 Å². The molecular weight excluding hydrogens is 656 g/mol. The van der Waals surface area contributed by atoms with Crippen molar-refractivity contribution in [1.82, 2.24) is 15.6 Å². The minimum Gasteiger partial charge on any atom is -0.463 e. The van der Waals surface area contributed by atoms with Gasteiger partial charge in [0.2, 0.25) is 5.78 Å². The van der Waals surface area contributed by atoms with E-state index in [4.69, 9.17) is 9.47 Å². The number of aryl methyl sites for hydroxylation is 1. The van der Waals surface area contributed by atoms with Gasteiger partial charge in [0.1, 0.15) is 5.82 Å². The smallest absolute Gasteiger partial charge is 0.350 e. The number of benzene rings is 1. The van der Waals surface area contributed by atoms with Gasteiger partial charge in [0, 0.05) is 35.7 Å². The number of carbonyl (C=O) groups is 3. The van der Waals surface area contributed by atoms with Crippen molar-refractivity contribution in [1.29, 1.82) is 0 Å². The highest BCUT2D eigenvalue weighted by Gasteiger charge is 2.85. The molecule has 0 bridgehead atoms. The van der Waals surface area contributed by atoms with Gasteiger partial charge in [0.05, 0.1) is 19.9 Å². The van der Waals surface area contributed by atoms with Crippen LogP contribution in [0.5, 0.6) is 0 Å². The maximum atomic E-state index is 14.7. The lowest BCUT2D eigenvalue weighted by molar-refractivity contribution is -0.150. The Bertz CT molecular complexity index is 1780. The van der Waals surface area contributed by atoms with Crippen LogP contribution in [0, 0.1) is 17.8 Å². The summed E-state index contributed by atoms with van der Waals surface area (Å²) in [6, 6.07) is 9.24. The van der Waals surface area contributed by atoms with Gasteiger partial charge in [-0.3, -0.25) is 9.59 Å². The summed E-state index contributed by atoms with van der Waals surface area (Å²) >= 11 is 0. The van der Waals surface area contributed by atoms with Crippen molar-refractivity contribution < 1.29 is 29.0 Å². The number of pyridine rings is 1. The van der Waals surface area contributed by atoms with Gasteiger partial charge in [-0.2, -0.15) is 0 Å². The summed E-state index contributed by atoms with van der Waals surface area (Å²) in [7, 11) is 1.85. The lowest BCUT2D eigenvalue weighted by Crippen LogP contribution is -2.52. The second-order valence-corrected chi connectivity index (χ2v) is 15.2. The van der Waals surface area contributed by atoms with Crippen LogP contribution in [-0.2, 0) is 27.1 Å².